The summed E-state index contributed by atoms with van der Waals surface area (Å²) in [7, 11) is 3.11. The third kappa shape index (κ3) is 4.42. The van der Waals surface area contributed by atoms with Gasteiger partial charge < -0.3 is 25.0 Å². The van der Waals surface area contributed by atoms with E-state index in [9.17, 15) is 4.79 Å². The van der Waals surface area contributed by atoms with E-state index in [4.69, 9.17) is 4.74 Å². The van der Waals surface area contributed by atoms with Gasteiger partial charge in [0.15, 0.2) is 0 Å². The van der Waals surface area contributed by atoms with Crippen LogP contribution in [0.25, 0.3) is 0 Å². The number of ether oxygens (including phenoxy) is 2. The van der Waals surface area contributed by atoms with E-state index >= 15 is 0 Å². The van der Waals surface area contributed by atoms with Crippen LogP contribution in [0.2, 0.25) is 0 Å². The van der Waals surface area contributed by atoms with Gasteiger partial charge in [-0.2, -0.15) is 15.0 Å². The molecule has 1 aromatic rings. The minimum Gasteiger partial charge on any atom is -0.469 e. The van der Waals surface area contributed by atoms with Crippen molar-refractivity contribution >= 4 is 23.8 Å². The number of rotatable bonds is 6. The molecule has 2 N–H and O–H groups in total. The van der Waals surface area contributed by atoms with Crippen LogP contribution in [-0.4, -0.2) is 67.9 Å². The summed E-state index contributed by atoms with van der Waals surface area (Å²) in [5.74, 6) is 1.23. The Morgan fingerprint density at radius 2 is 2.00 bits per heavy atom. The van der Waals surface area contributed by atoms with E-state index in [-0.39, 0.29) is 12.4 Å². The van der Waals surface area contributed by atoms with Crippen molar-refractivity contribution in [3.63, 3.8) is 0 Å². The number of carbonyl (C=O) groups excluding carboxylic acids is 1. The van der Waals surface area contributed by atoms with Crippen LogP contribution in [0.3, 0.4) is 0 Å². The lowest BCUT2D eigenvalue weighted by Crippen LogP contribution is -2.37. The van der Waals surface area contributed by atoms with Gasteiger partial charge in [0.05, 0.1) is 26.7 Å². The first-order valence-corrected chi connectivity index (χ1v) is 6.80. The average molecular weight is 296 g/mol. The first-order chi connectivity index (χ1) is 10.2. The number of nitrogens with zero attached hydrogens (tertiary/aromatic N) is 4. The lowest BCUT2D eigenvalue weighted by Gasteiger charge is -2.27. The third-order valence-corrected chi connectivity index (χ3v) is 2.98. The van der Waals surface area contributed by atoms with Gasteiger partial charge in [0.25, 0.3) is 0 Å². The first-order valence-electron chi connectivity index (χ1n) is 6.80. The molecule has 0 amide bonds. The number of methoxy groups -OCH3 is 1. The molecule has 2 heterocycles. The van der Waals surface area contributed by atoms with Crippen LogP contribution in [0.5, 0.6) is 0 Å². The molecule has 0 aliphatic carbocycles. The zero-order chi connectivity index (χ0) is 15.1. The Labute approximate surface area is 123 Å². The van der Waals surface area contributed by atoms with Gasteiger partial charge in [0.1, 0.15) is 0 Å². The fourth-order valence-corrected chi connectivity index (χ4v) is 1.84. The maximum atomic E-state index is 11.1. The minimum absolute atomic E-state index is 0.254. The second-order valence-corrected chi connectivity index (χ2v) is 4.38. The van der Waals surface area contributed by atoms with E-state index in [0.717, 1.165) is 13.1 Å². The number of hydrogen-bond donors (Lipinski definition) is 2. The van der Waals surface area contributed by atoms with E-state index in [2.05, 4.69) is 30.3 Å². The van der Waals surface area contributed by atoms with Gasteiger partial charge >= 0.3 is 5.97 Å². The Bertz CT molecular complexity index is 478. The normalized spacial score (nSPS) is 14.7. The van der Waals surface area contributed by atoms with Crippen molar-refractivity contribution in [1.82, 2.24) is 15.0 Å². The lowest BCUT2D eigenvalue weighted by molar-refractivity contribution is -0.140. The molecule has 1 fully saturated rings. The van der Waals surface area contributed by atoms with Gasteiger partial charge in [-0.05, 0) is 0 Å². The Hall–Kier alpha value is -2.16. The summed E-state index contributed by atoms with van der Waals surface area (Å²) in [6.07, 6.45) is 0.254. The summed E-state index contributed by atoms with van der Waals surface area (Å²) in [4.78, 5) is 26.1. The molecular weight excluding hydrogens is 276 g/mol. The van der Waals surface area contributed by atoms with Gasteiger partial charge in [-0.25, -0.2) is 0 Å². The minimum atomic E-state index is -0.279. The van der Waals surface area contributed by atoms with E-state index in [1.54, 1.807) is 7.05 Å². The van der Waals surface area contributed by atoms with Crippen molar-refractivity contribution in [2.45, 2.75) is 6.42 Å². The molecule has 2 rings (SSSR count). The summed E-state index contributed by atoms with van der Waals surface area (Å²) in [6.45, 7) is 3.21. The van der Waals surface area contributed by atoms with Crippen LogP contribution in [0.1, 0.15) is 6.42 Å². The SMILES string of the molecule is CNc1nc(NCCC(=O)OC)nc(N2CCOCC2)n1. The van der Waals surface area contributed by atoms with E-state index in [0.29, 0.717) is 37.6 Å². The fraction of sp³-hybridized carbons (Fsp3) is 0.667. The fourth-order valence-electron chi connectivity index (χ4n) is 1.84. The number of aromatic nitrogens is 3. The molecule has 0 atom stereocenters. The van der Waals surface area contributed by atoms with Crippen molar-refractivity contribution in [3.8, 4) is 0 Å². The molecule has 0 spiro atoms. The standard InChI is InChI=1S/C12H20N6O3/c1-13-10-15-11(14-4-3-9(19)20-2)17-12(16-10)18-5-7-21-8-6-18/h3-8H2,1-2H3,(H2,13,14,15,16,17). The predicted molar refractivity (Wildman–Crippen MR) is 77.5 cm³/mol. The van der Waals surface area contributed by atoms with Crippen LogP contribution in [0, 0.1) is 0 Å². The highest BCUT2D eigenvalue weighted by Crippen LogP contribution is 2.14. The molecule has 0 unspecified atom stereocenters. The van der Waals surface area contributed by atoms with Crippen LogP contribution >= 0.6 is 0 Å². The van der Waals surface area contributed by atoms with Gasteiger partial charge in [-0.1, -0.05) is 0 Å². The van der Waals surface area contributed by atoms with Crippen molar-refractivity contribution < 1.29 is 14.3 Å². The molecular formula is C12H20N6O3. The van der Waals surface area contributed by atoms with Crippen molar-refractivity contribution in [3.05, 3.63) is 0 Å². The summed E-state index contributed by atoms with van der Waals surface area (Å²) in [5, 5.41) is 5.91. The average Bonchev–Trinajstić information content (AvgIpc) is 2.55. The topological polar surface area (TPSA) is 102 Å². The number of carbonyl (C=O) groups is 1. The molecule has 21 heavy (non-hydrogen) atoms. The quantitative estimate of drug-likeness (QED) is 0.686. The number of esters is 1. The van der Waals surface area contributed by atoms with Crippen LogP contribution in [-0.2, 0) is 14.3 Å². The smallest absolute Gasteiger partial charge is 0.307 e. The molecule has 116 valence electrons. The first kappa shape index (κ1) is 15.2. The number of nitrogens with one attached hydrogen (secondary N) is 2. The zero-order valence-electron chi connectivity index (χ0n) is 12.3. The van der Waals surface area contributed by atoms with Gasteiger partial charge in [-0.15, -0.1) is 0 Å². The Kier molecular flexibility index (Phi) is 5.50. The molecule has 1 aliphatic rings. The predicted octanol–water partition coefficient (Wildman–Crippen LogP) is -0.275. The van der Waals surface area contributed by atoms with Gasteiger partial charge in [0.2, 0.25) is 17.8 Å². The second-order valence-electron chi connectivity index (χ2n) is 4.38. The molecule has 0 radical (unpaired) electrons. The zero-order valence-corrected chi connectivity index (χ0v) is 12.3. The molecule has 1 saturated heterocycles. The Morgan fingerprint density at radius 1 is 1.29 bits per heavy atom. The molecule has 1 aliphatic heterocycles. The molecule has 0 bridgehead atoms. The summed E-state index contributed by atoms with van der Waals surface area (Å²) < 4.78 is 9.90. The second kappa shape index (κ2) is 7.58. The van der Waals surface area contributed by atoms with Crippen molar-refractivity contribution in [2.75, 3.05) is 62.5 Å². The van der Waals surface area contributed by atoms with Crippen LogP contribution in [0.15, 0.2) is 0 Å². The summed E-state index contributed by atoms with van der Waals surface area (Å²) in [6, 6.07) is 0. The van der Waals surface area contributed by atoms with Crippen molar-refractivity contribution in [2.24, 2.45) is 0 Å². The summed E-state index contributed by atoms with van der Waals surface area (Å²) in [5.41, 5.74) is 0. The summed E-state index contributed by atoms with van der Waals surface area (Å²) >= 11 is 0. The van der Waals surface area contributed by atoms with E-state index < -0.39 is 0 Å². The molecule has 9 nitrogen and oxygen atoms in total. The Balaban J connectivity index is 2.04. The lowest BCUT2D eigenvalue weighted by atomic mass is 10.4. The molecule has 9 heteroatoms. The number of hydrogen-bond acceptors (Lipinski definition) is 9. The largest absolute Gasteiger partial charge is 0.469 e. The van der Waals surface area contributed by atoms with Gasteiger partial charge in [-0.3, -0.25) is 4.79 Å². The number of morpholine rings is 1. The molecule has 0 saturated carbocycles. The van der Waals surface area contributed by atoms with Gasteiger partial charge in [0, 0.05) is 26.7 Å². The molecule has 0 aromatic carbocycles. The van der Waals surface area contributed by atoms with Crippen molar-refractivity contribution in [1.29, 1.82) is 0 Å². The van der Waals surface area contributed by atoms with E-state index in [1.165, 1.54) is 7.11 Å². The monoisotopic (exact) mass is 296 g/mol. The molecule has 1 aromatic heterocycles. The maximum Gasteiger partial charge on any atom is 0.307 e. The maximum absolute atomic E-state index is 11.1. The highest BCUT2D eigenvalue weighted by Gasteiger charge is 2.16. The highest BCUT2D eigenvalue weighted by molar-refractivity contribution is 5.69. The Morgan fingerprint density at radius 3 is 2.67 bits per heavy atom. The van der Waals surface area contributed by atoms with Crippen LogP contribution < -0.4 is 15.5 Å². The highest BCUT2D eigenvalue weighted by atomic mass is 16.5. The number of anilines is 3. The van der Waals surface area contributed by atoms with Crippen LogP contribution in [0.4, 0.5) is 17.8 Å². The van der Waals surface area contributed by atoms with E-state index in [1.807, 2.05) is 4.90 Å². The third-order valence-electron chi connectivity index (χ3n) is 2.98.